The van der Waals surface area contributed by atoms with E-state index in [0.717, 1.165) is 31.8 Å². The Labute approximate surface area is 289 Å². The van der Waals surface area contributed by atoms with Gasteiger partial charge < -0.3 is 19.5 Å². The molecule has 0 atom stereocenters. The summed E-state index contributed by atoms with van der Waals surface area (Å²) >= 11 is 0. The van der Waals surface area contributed by atoms with Crippen molar-refractivity contribution in [3.8, 4) is 34.2 Å². The summed E-state index contributed by atoms with van der Waals surface area (Å²) in [7, 11) is 0. The van der Waals surface area contributed by atoms with Gasteiger partial charge >= 0.3 is 6.09 Å². The van der Waals surface area contributed by atoms with Crippen LogP contribution in [0, 0.1) is 11.6 Å². The Morgan fingerprint density at radius 1 is 0.961 bits per heavy atom. The first-order valence-electron chi connectivity index (χ1n) is 16.1. The molecule has 1 aliphatic heterocycles. The Hall–Kier alpha value is -6.31. The molecule has 0 radical (unpaired) electrons. The zero-order valence-corrected chi connectivity index (χ0v) is 28.1. The number of nitrogens with one attached hydrogen (secondary N) is 1. The summed E-state index contributed by atoms with van der Waals surface area (Å²) in [6.45, 7) is 7.90. The molecule has 1 N–H and O–H groups in total. The smallest absolute Gasteiger partial charge is 0.435 e. The second kappa shape index (κ2) is 12.9. The van der Waals surface area contributed by atoms with E-state index in [1.54, 1.807) is 40.0 Å². The van der Waals surface area contributed by atoms with Crippen molar-refractivity contribution in [3.63, 3.8) is 0 Å². The van der Waals surface area contributed by atoms with Crippen molar-refractivity contribution in [1.29, 1.82) is 0 Å². The highest BCUT2D eigenvalue weighted by Crippen LogP contribution is 2.43. The van der Waals surface area contributed by atoms with Crippen molar-refractivity contribution >= 4 is 28.6 Å². The van der Waals surface area contributed by atoms with Crippen LogP contribution in [0.5, 0.6) is 17.4 Å². The van der Waals surface area contributed by atoms with Crippen LogP contribution < -0.4 is 20.3 Å². The average molecular weight is 695 g/mol. The van der Waals surface area contributed by atoms with Crippen LogP contribution in [0.15, 0.2) is 84.0 Å². The van der Waals surface area contributed by atoms with Gasteiger partial charge in [0.25, 0.3) is 11.5 Å². The van der Waals surface area contributed by atoms with E-state index in [4.69, 9.17) is 14.2 Å². The molecule has 0 unspecified atom stereocenters. The van der Waals surface area contributed by atoms with E-state index in [1.165, 1.54) is 60.9 Å². The maximum atomic E-state index is 15.7. The number of carbonyl (C=O) groups excluding carboxylic acids is 2. The quantitative estimate of drug-likeness (QED) is 0.178. The number of halogens is 2. The van der Waals surface area contributed by atoms with Crippen molar-refractivity contribution < 1.29 is 32.6 Å². The highest BCUT2D eigenvalue weighted by molar-refractivity contribution is 6.04. The second-order valence-electron chi connectivity index (χ2n) is 12.8. The van der Waals surface area contributed by atoms with Crippen molar-refractivity contribution in [3.05, 3.63) is 112 Å². The Kier molecular flexibility index (Phi) is 8.37. The Balaban J connectivity index is 1.18. The van der Waals surface area contributed by atoms with Crippen LogP contribution >= 0.6 is 0 Å². The molecule has 0 aliphatic carbocycles. The molecule has 4 heterocycles. The summed E-state index contributed by atoms with van der Waals surface area (Å²) < 4.78 is 50.7. The third-order valence-corrected chi connectivity index (χ3v) is 8.09. The Morgan fingerprint density at radius 2 is 1.75 bits per heavy atom. The van der Waals surface area contributed by atoms with E-state index < -0.39 is 34.8 Å². The molecule has 0 fully saturated rings. The predicted octanol–water partition coefficient (Wildman–Crippen LogP) is 7.11. The summed E-state index contributed by atoms with van der Waals surface area (Å²) in [5.74, 6) is -1.72. The molecule has 0 saturated heterocycles. The first kappa shape index (κ1) is 33.2. The standard InChI is InChI=1S/C37H32F2N6O6/c1-5-49-31-13-11-27(35(47)45(31)25-9-6-23(38)7-10-25)34(46)42-24-8-12-29(28(39)17-24)50-30-16-21-18-40-43-15-14-26(33(21)43)32(30)22-19-41-44(20-22)36(48)51-37(2,3)4/h6-13,16-20H,5,14-15H2,1-4H3,(H,42,46). The molecule has 1 aliphatic rings. The van der Waals surface area contributed by atoms with Gasteiger partial charge in [0.1, 0.15) is 22.7 Å². The largest absolute Gasteiger partial charge is 0.479 e. The van der Waals surface area contributed by atoms with Crippen molar-refractivity contribution in [2.75, 3.05) is 11.9 Å². The minimum atomic E-state index is -0.790. The number of benzene rings is 3. The molecule has 1 amide bonds. The fourth-order valence-electron chi connectivity index (χ4n) is 5.97. The Bertz CT molecular complexity index is 2390. The first-order valence-corrected chi connectivity index (χ1v) is 16.1. The molecule has 3 aromatic heterocycles. The van der Waals surface area contributed by atoms with E-state index in [-0.39, 0.29) is 29.5 Å². The maximum Gasteiger partial charge on any atom is 0.435 e. The molecule has 7 rings (SSSR count). The van der Waals surface area contributed by atoms with Crippen LogP contribution in [-0.4, -0.2) is 48.3 Å². The summed E-state index contributed by atoms with van der Waals surface area (Å²) in [6.07, 6.45) is 4.75. The number of aromatic nitrogens is 5. The number of hydrogen-bond acceptors (Lipinski definition) is 8. The SMILES string of the molecule is CCOc1ccc(C(=O)Nc2ccc(Oc3cc4cnn5c4c(c3-c3cnn(C(=O)OC(C)(C)C)c3)CC5)c(F)c2)c(=O)n1-c1ccc(F)cc1. The lowest BCUT2D eigenvalue weighted by molar-refractivity contribution is 0.0514. The van der Waals surface area contributed by atoms with Gasteiger partial charge in [-0.05, 0) is 94.3 Å². The Morgan fingerprint density at radius 3 is 2.47 bits per heavy atom. The number of ether oxygens (including phenoxy) is 3. The minimum absolute atomic E-state index is 0.0701. The van der Waals surface area contributed by atoms with Gasteiger partial charge in [-0.2, -0.15) is 14.9 Å². The topological polar surface area (TPSA) is 132 Å². The molecule has 0 spiro atoms. The van der Waals surface area contributed by atoms with Gasteiger partial charge in [0.05, 0.1) is 30.2 Å². The molecular weight excluding hydrogens is 662 g/mol. The van der Waals surface area contributed by atoms with Crippen LogP contribution in [0.3, 0.4) is 0 Å². The van der Waals surface area contributed by atoms with Gasteiger partial charge in [0.2, 0.25) is 5.88 Å². The van der Waals surface area contributed by atoms with E-state index >= 15 is 4.39 Å². The van der Waals surface area contributed by atoms with E-state index in [2.05, 4.69) is 15.5 Å². The fraction of sp³-hybridized carbons (Fsp3) is 0.216. The summed E-state index contributed by atoms with van der Waals surface area (Å²) in [6, 6.07) is 13.6. The van der Waals surface area contributed by atoms with Crippen molar-refractivity contribution in [2.45, 2.75) is 46.3 Å². The predicted molar refractivity (Wildman–Crippen MR) is 184 cm³/mol. The average Bonchev–Trinajstić information content (AvgIpc) is 3.83. The molecular formula is C37H32F2N6O6. The highest BCUT2D eigenvalue weighted by atomic mass is 19.1. The van der Waals surface area contributed by atoms with E-state index in [9.17, 15) is 18.8 Å². The lowest BCUT2D eigenvalue weighted by Gasteiger charge is -2.18. The molecule has 260 valence electrons. The number of pyridine rings is 1. The number of hydrogen-bond donors (Lipinski definition) is 1. The van der Waals surface area contributed by atoms with Crippen LogP contribution in [0.25, 0.3) is 27.7 Å². The third-order valence-electron chi connectivity index (χ3n) is 8.09. The molecule has 12 nitrogen and oxygen atoms in total. The van der Waals surface area contributed by atoms with Gasteiger partial charge in [-0.25, -0.2) is 18.1 Å². The van der Waals surface area contributed by atoms with Gasteiger partial charge in [-0.15, -0.1) is 0 Å². The van der Waals surface area contributed by atoms with E-state index in [0.29, 0.717) is 35.5 Å². The van der Waals surface area contributed by atoms with Gasteiger partial charge in [-0.1, -0.05) is 0 Å². The molecule has 0 saturated carbocycles. The second-order valence-corrected chi connectivity index (χ2v) is 12.8. The molecule has 6 aromatic rings. The van der Waals surface area contributed by atoms with Gasteiger partial charge in [-0.3, -0.25) is 14.3 Å². The summed E-state index contributed by atoms with van der Waals surface area (Å²) in [4.78, 5) is 39.5. The lowest BCUT2D eigenvalue weighted by Crippen LogP contribution is -2.29. The van der Waals surface area contributed by atoms with Crippen LogP contribution in [0.4, 0.5) is 19.3 Å². The minimum Gasteiger partial charge on any atom is -0.479 e. The van der Waals surface area contributed by atoms with Crippen LogP contribution in [0.1, 0.15) is 43.6 Å². The van der Waals surface area contributed by atoms with Gasteiger partial charge in [0, 0.05) is 41.0 Å². The van der Waals surface area contributed by atoms with E-state index in [1.807, 2.05) is 4.68 Å². The summed E-state index contributed by atoms with van der Waals surface area (Å²) in [5.41, 5.74) is 1.70. The van der Waals surface area contributed by atoms with Gasteiger partial charge in [0.15, 0.2) is 11.6 Å². The highest BCUT2D eigenvalue weighted by Gasteiger charge is 2.27. The number of anilines is 1. The molecule has 3 aromatic carbocycles. The van der Waals surface area contributed by atoms with Crippen LogP contribution in [-0.2, 0) is 17.7 Å². The zero-order valence-electron chi connectivity index (χ0n) is 28.1. The molecule has 51 heavy (non-hydrogen) atoms. The number of amides is 1. The number of aryl methyl sites for hydroxylation is 2. The van der Waals surface area contributed by atoms with Crippen molar-refractivity contribution in [1.82, 2.24) is 24.1 Å². The molecule has 14 heteroatoms. The van der Waals surface area contributed by atoms with Crippen LogP contribution in [0.2, 0.25) is 0 Å². The summed E-state index contributed by atoms with van der Waals surface area (Å²) in [5, 5.41) is 12.0. The zero-order chi connectivity index (χ0) is 36.0. The monoisotopic (exact) mass is 694 g/mol. The lowest BCUT2D eigenvalue weighted by atomic mass is 9.97. The maximum absolute atomic E-state index is 15.7. The normalized spacial score (nSPS) is 12.3. The first-order chi connectivity index (χ1) is 24.4. The molecule has 0 bridgehead atoms. The number of nitrogens with zero attached hydrogens (tertiary/aromatic N) is 5. The number of rotatable bonds is 8. The van der Waals surface area contributed by atoms with Crippen molar-refractivity contribution in [2.24, 2.45) is 0 Å². The fourth-order valence-corrected chi connectivity index (χ4v) is 5.97. The number of carbonyl (C=O) groups is 2. The third kappa shape index (κ3) is 6.43.